The van der Waals surface area contributed by atoms with E-state index >= 15 is 0 Å². The number of hydrogen-bond donors (Lipinski definition) is 2. The molecule has 0 aliphatic rings. The van der Waals surface area contributed by atoms with Crippen LogP contribution in [0.5, 0.6) is 11.5 Å². The number of methoxy groups -OCH3 is 2. The Kier molecular flexibility index (Phi) is 12.0. The molecule has 4 atom stereocenters. The van der Waals surface area contributed by atoms with Gasteiger partial charge in [-0.15, -0.1) is 0 Å². The molecule has 1 rings (SSSR count). The zero-order chi connectivity index (χ0) is 27.8. The molecule has 0 saturated heterocycles. The van der Waals surface area contributed by atoms with Crippen molar-refractivity contribution >= 4 is 33.9 Å². The largest absolute Gasteiger partial charge is 0.496 e. The van der Waals surface area contributed by atoms with E-state index in [-0.39, 0.29) is 35.8 Å². The highest BCUT2D eigenvalue weighted by atomic mass is 32.2. The van der Waals surface area contributed by atoms with Crippen LogP contribution in [0.4, 0.5) is 0 Å². The number of carbonyl (C=O) groups excluding carboxylic acids is 2. The van der Waals surface area contributed by atoms with Crippen molar-refractivity contribution in [2.24, 2.45) is 0 Å². The van der Waals surface area contributed by atoms with E-state index in [9.17, 15) is 18.0 Å². The molecular formula is C24H40N2O8S2. The van der Waals surface area contributed by atoms with Crippen molar-refractivity contribution in [2.45, 2.75) is 77.0 Å². The maximum Gasteiger partial charge on any atom is 0.328 e. The average Bonchev–Trinajstić information content (AvgIpc) is 2.78. The number of ether oxygens (including phenoxy) is 4. The second-order valence-corrected chi connectivity index (χ2v) is 13.7. The predicted molar refractivity (Wildman–Crippen MR) is 140 cm³/mol. The molecule has 0 aliphatic carbocycles. The fourth-order valence-electron chi connectivity index (χ4n) is 2.90. The molecule has 0 amide bonds. The summed E-state index contributed by atoms with van der Waals surface area (Å²) in [6.45, 7) is 14.1. The standard InChI is InChI=1S/C24H40N2O8S2/c1-11-33-21(27)19(25-35(29)23(3,4)5)15-13-16(18(32-10)14-17(15)31-9)20(22(28)34-12-2)26-36(30)24(6,7)8/h13-14,19-20,25-26H,11-12H2,1-10H3/t19-,20-,35?,36?/m1/s1. The van der Waals surface area contributed by atoms with E-state index in [0.717, 1.165) is 0 Å². The fraction of sp³-hybridized carbons (Fsp3) is 0.667. The summed E-state index contributed by atoms with van der Waals surface area (Å²) < 4.78 is 51.7. The van der Waals surface area contributed by atoms with Crippen molar-refractivity contribution in [3.8, 4) is 11.5 Å². The van der Waals surface area contributed by atoms with E-state index in [1.54, 1.807) is 55.4 Å². The van der Waals surface area contributed by atoms with Gasteiger partial charge in [-0.2, -0.15) is 0 Å². The van der Waals surface area contributed by atoms with E-state index in [4.69, 9.17) is 18.9 Å². The third kappa shape index (κ3) is 8.53. The first-order valence-electron chi connectivity index (χ1n) is 11.6. The Morgan fingerprint density at radius 1 is 0.750 bits per heavy atom. The normalized spacial score (nSPS) is 15.4. The Bertz CT molecular complexity index is 897. The van der Waals surface area contributed by atoms with Crippen LogP contribution >= 0.6 is 0 Å². The molecule has 12 heteroatoms. The topological polar surface area (TPSA) is 129 Å². The lowest BCUT2D eigenvalue weighted by atomic mass is 9.98. The first-order chi connectivity index (χ1) is 16.6. The van der Waals surface area contributed by atoms with E-state index in [1.165, 1.54) is 26.4 Å². The summed E-state index contributed by atoms with van der Waals surface area (Å²) in [5.41, 5.74) is 0.531. The Morgan fingerprint density at radius 3 is 1.33 bits per heavy atom. The van der Waals surface area contributed by atoms with Gasteiger partial charge in [-0.05, 0) is 61.5 Å². The van der Waals surface area contributed by atoms with E-state index < -0.39 is 55.5 Å². The lowest BCUT2D eigenvalue weighted by Crippen LogP contribution is -2.40. The molecule has 36 heavy (non-hydrogen) atoms. The number of nitrogens with one attached hydrogen (secondary N) is 2. The van der Waals surface area contributed by atoms with E-state index in [2.05, 4.69) is 9.44 Å². The van der Waals surface area contributed by atoms with Crippen LogP contribution in [-0.4, -0.2) is 57.3 Å². The molecule has 206 valence electrons. The van der Waals surface area contributed by atoms with Gasteiger partial charge < -0.3 is 18.9 Å². The van der Waals surface area contributed by atoms with Crippen molar-refractivity contribution in [2.75, 3.05) is 27.4 Å². The smallest absolute Gasteiger partial charge is 0.328 e. The highest BCUT2D eigenvalue weighted by molar-refractivity contribution is 7.84. The second-order valence-electron chi connectivity index (χ2n) is 9.70. The molecule has 0 aromatic heterocycles. The van der Waals surface area contributed by atoms with Crippen LogP contribution in [0.15, 0.2) is 12.1 Å². The number of benzene rings is 1. The monoisotopic (exact) mass is 548 g/mol. The van der Waals surface area contributed by atoms with E-state index in [1.807, 2.05) is 0 Å². The highest BCUT2D eigenvalue weighted by Crippen LogP contribution is 2.38. The van der Waals surface area contributed by atoms with Gasteiger partial charge in [0.1, 0.15) is 23.6 Å². The molecular weight excluding hydrogens is 508 g/mol. The summed E-state index contributed by atoms with van der Waals surface area (Å²) >= 11 is 0. The molecule has 0 aliphatic heterocycles. The first-order valence-corrected chi connectivity index (χ1v) is 13.9. The highest BCUT2D eigenvalue weighted by Gasteiger charge is 2.36. The molecule has 0 spiro atoms. The van der Waals surface area contributed by atoms with Crippen molar-refractivity contribution in [3.05, 3.63) is 23.3 Å². The molecule has 0 radical (unpaired) electrons. The zero-order valence-corrected chi connectivity index (χ0v) is 24.4. The Labute approximate surface area is 219 Å². The minimum atomic E-state index is -1.65. The predicted octanol–water partition coefficient (Wildman–Crippen LogP) is 3.02. The average molecular weight is 549 g/mol. The molecule has 2 unspecified atom stereocenters. The molecule has 0 bridgehead atoms. The van der Waals surface area contributed by atoms with Gasteiger partial charge in [0.05, 0.1) is 58.9 Å². The van der Waals surface area contributed by atoms with Gasteiger partial charge in [0, 0.05) is 17.2 Å². The third-order valence-electron chi connectivity index (χ3n) is 4.81. The van der Waals surface area contributed by atoms with Crippen LogP contribution in [-0.2, 0) is 41.0 Å². The van der Waals surface area contributed by atoms with Crippen LogP contribution in [0.25, 0.3) is 0 Å². The Hall–Kier alpha value is -2.02. The molecule has 1 aromatic carbocycles. The van der Waals surface area contributed by atoms with Gasteiger partial charge in [-0.1, -0.05) is 0 Å². The third-order valence-corrected chi connectivity index (χ3v) is 7.94. The summed E-state index contributed by atoms with van der Waals surface area (Å²) in [4.78, 5) is 26.0. The zero-order valence-electron chi connectivity index (χ0n) is 22.8. The molecule has 1 aromatic rings. The van der Waals surface area contributed by atoms with Crippen LogP contribution in [0, 0.1) is 0 Å². The lowest BCUT2D eigenvalue weighted by Gasteiger charge is -2.27. The number of carbonyl (C=O) groups is 2. The van der Waals surface area contributed by atoms with Gasteiger partial charge >= 0.3 is 11.9 Å². The van der Waals surface area contributed by atoms with E-state index in [0.29, 0.717) is 0 Å². The summed E-state index contributed by atoms with van der Waals surface area (Å²) in [5, 5.41) is 0. The number of esters is 2. The van der Waals surface area contributed by atoms with Crippen LogP contribution in [0.2, 0.25) is 0 Å². The van der Waals surface area contributed by atoms with Crippen LogP contribution in [0.1, 0.15) is 78.6 Å². The summed E-state index contributed by atoms with van der Waals surface area (Å²) in [6, 6.07) is 0.633. The first kappa shape index (κ1) is 32.0. The minimum absolute atomic E-state index is 0.0993. The minimum Gasteiger partial charge on any atom is -0.496 e. The summed E-state index contributed by atoms with van der Waals surface area (Å²) in [6.07, 6.45) is 0. The lowest BCUT2D eigenvalue weighted by molar-refractivity contribution is -0.146. The van der Waals surface area contributed by atoms with Gasteiger partial charge in [0.2, 0.25) is 0 Å². The Morgan fingerprint density at radius 2 is 1.08 bits per heavy atom. The van der Waals surface area contributed by atoms with Crippen molar-refractivity contribution in [3.63, 3.8) is 0 Å². The van der Waals surface area contributed by atoms with Crippen LogP contribution in [0.3, 0.4) is 0 Å². The quantitative estimate of drug-likeness (QED) is 0.382. The van der Waals surface area contributed by atoms with Gasteiger partial charge in [-0.3, -0.25) is 0 Å². The van der Waals surface area contributed by atoms with Gasteiger partial charge in [0.15, 0.2) is 0 Å². The summed E-state index contributed by atoms with van der Waals surface area (Å²) in [5.74, 6) is -0.870. The molecule has 0 saturated carbocycles. The Balaban J connectivity index is 3.83. The van der Waals surface area contributed by atoms with Crippen molar-refractivity contribution < 1.29 is 37.0 Å². The molecule has 0 heterocycles. The number of hydrogen-bond acceptors (Lipinski definition) is 8. The molecule has 0 fully saturated rings. The second kappa shape index (κ2) is 13.5. The molecule has 2 N–H and O–H groups in total. The van der Waals surface area contributed by atoms with Crippen LogP contribution < -0.4 is 18.9 Å². The SMILES string of the molecule is CCOC(=O)[C@H](NS(=O)C(C)(C)C)c1cc([C@@H](NS(=O)C(C)(C)C)C(=O)OCC)c(OC)cc1OC. The maximum atomic E-state index is 13.0. The maximum absolute atomic E-state index is 13.0. The van der Waals surface area contributed by atoms with Crippen molar-refractivity contribution in [1.29, 1.82) is 0 Å². The fourth-order valence-corrected chi connectivity index (χ4v) is 4.48. The number of rotatable bonds is 12. The summed E-state index contributed by atoms with van der Waals surface area (Å²) in [7, 11) is -0.479. The van der Waals surface area contributed by atoms with Crippen molar-refractivity contribution in [1.82, 2.24) is 9.44 Å². The molecule has 10 nitrogen and oxygen atoms in total. The van der Waals surface area contributed by atoms with Gasteiger partial charge in [0.25, 0.3) is 0 Å². The van der Waals surface area contributed by atoms with Gasteiger partial charge in [-0.25, -0.2) is 27.5 Å².